The second-order valence-electron chi connectivity index (χ2n) is 5.59. The zero-order valence-corrected chi connectivity index (χ0v) is 12.0. The van der Waals surface area contributed by atoms with E-state index in [1.54, 1.807) is 0 Å². The van der Waals surface area contributed by atoms with Crippen molar-refractivity contribution in [2.24, 2.45) is 5.73 Å². The second kappa shape index (κ2) is 6.20. The van der Waals surface area contributed by atoms with E-state index < -0.39 is 0 Å². The minimum Gasteiger partial charge on any atom is -0.388 e. The molecule has 0 saturated carbocycles. The van der Waals surface area contributed by atoms with Gasteiger partial charge in [0, 0.05) is 24.5 Å². The summed E-state index contributed by atoms with van der Waals surface area (Å²) < 4.78 is 0. The number of nitrogens with two attached hydrogens (primary N) is 1. The molecule has 0 spiro atoms. The summed E-state index contributed by atoms with van der Waals surface area (Å²) in [4.78, 5) is 2.58. The van der Waals surface area contributed by atoms with E-state index in [1.165, 1.54) is 24.8 Å². The first-order valence-corrected chi connectivity index (χ1v) is 7.28. The molecule has 0 radical (unpaired) electrons. The Morgan fingerprint density at radius 2 is 2.05 bits per heavy atom. The fourth-order valence-electron chi connectivity index (χ4n) is 3.35. The Morgan fingerprint density at radius 1 is 1.37 bits per heavy atom. The van der Waals surface area contributed by atoms with E-state index in [9.17, 15) is 0 Å². The van der Waals surface area contributed by atoms with Crippen LogP contribution in [0.2, 0.25) is 0 Å². The zero-order chi connectivity index (χ0) is 13.8. The Morgan fingerprint density at radius 3 is 2.63 bits per heavy atom. The summed E-state index contributed by atoms with van der Waals surface area (Å²) in [6.07, 6.45) is 4.31. The molecule has 2 rings (SSSR count). The van der Waals surface area contributed by atoms with Gasteiger partial charge in [0.1, 0.15) is 0 Å². The van der Waals surface area contributed by atoms with Crippen molar-refractivity contribution in [1.29, 1.82) is 5.41 Å². The first-order chi connectivity index (χ1) is 9.13. The number of benzene rings is 1. The van der Waals surface area contributed by atoms with Crippen LogP contribution in [0.1, 0.15) is 51.1 Å². The highest BCUT2D eigenvalue weighted by atomic mass is 15.2. The third-order valence-electron chi connectivity index (χ3n) is 4.28. The predicted molar refractivity (Wildman–Crippen MR) is 80.3 cm³/mol. The lowest BCUT2D eigenvalue weighted by molar-refractivity contribution is 0.136. The number of rotatable bonds is 5. The van der Waals surface area contributed by atoms with Gasteiger partial charge in [-0.15, -0.1) is 0 Å². The number of hydrogen-bond donors (Lipinski definition) is 2. The molecule has 1 saturated heterocycles. The number of amidine groups is 1. The molecule has 3 nitrogen and oxygen atoms in total. The molecule has 104 valence electrons. The summed E-state index contributed by atoms with van der Waals surface area (Å²) in [7, 11) is 0. The van der Waals surface area contributed by atoms with Crippen molar-refractivity contribution in [2.45, 2.75) is 57.7 Å². The van der Waals surface area contributed by atoms with Crippen molar-refractivity contribution < 1.29 is 0 Å². The SMILES string of the molecule is CCC1CCC(C)N1C(CC(=N)N)c1ccccc1. The average molecular weight is 259 g/mol. The highest BCUT2D eigenvalue weighted by Crippen LogP contribution is 2.36. The van der Waals surface area contributed by atoms with Gasteiger partial charge in [-0.05, 0) is 31.7 Å². The van der Waals surface area contributed by atoms with Gasteiger partial charge in [-0.2, -0.15) is 0 Å². The van der Waals surface area contributed by atoms with Crippen LogP contribution in [0.15, 0.2) is 30.3 Å². The normalized spacial score (nSPS) is 25.4. The molecule has 1 fully saturated rings. The fraction of sp³-hybridized carbons (Fsp3) is 0.562. The first kappa shape index (κ1) is 14.1. The first-order valence-electron chi connectivity index (χ1n) is 7.28. The zero-order valence-electron chi connectivity index (χ0n) is 12.0. The van der Waals surface area contributed by atoms with Crippen LogP contribution in [-0.4, -0.2) is 22.8 Å². The lowest BCUT2D eigenvalue weighted by atomic mass is 9.99. The molecule has 0 aliphatic carbocycles. The van der Waals surface area contributed by atoms with Crippen molar-refractivity contribution in [1.82, 2.24) is 4.90 Å². The van der Waals surface area contributed by atoms with Gasteiger partial charge in [-0.1, -0.05) is 37.3 Å². The van der Waals surface area contributed by atoms with Gasteiger partial charge >= 0.3 is 0 Å². The van der Waals surface area contributed by atoms with Gasteiger partial charge < -0.3 is 5.73 Å². The van der Waals surface area contributed by atoms with Crippen LogP contribution in [0.25, 0.3) is 0 Å². The van der Waals surface area contributed by atoms with E-state index >= 15 is 0 Å². The van der Waals surface area contributed by atoms with Crippen molar-refractivity contribution in [2.75, 3.05) is 0 Å². The molecule has 3 atom stereocenters. The molecular weight excluding hydrogens is 234 g/mol. The van der Waals surface area contributed by atoms with Crippen LogP contribution in [0, 0.1) is 5.41 Å². The van der Waals surface area contributed by atoms with Crippen molar-refractivity contribution in [3.63, 3.8) is 0 Å². The fourth-order valence-corrected chi connectivity index (χ4v) is 3.35. The Balaban J connectivity index is 2.29. The molecule has 0 bridgehead atoms. The molecule has 1 aliphatic rings. The summed E-state index contributed by atoms with van der Waals surface area (Å²) in [6.45, 7) is 4.55. The summed E-state index contributed by atoms with van der Waals surface area (Å²) >= 11 is 0. The smallest absolute Gasteiger partial charge is 0.0924 e. The number of likely N-dealkylation sites (tertiary alicyclic amines) is 1. The maximum atomic E-state index is 7.68. The number of nitrogens with one attached hydrogen (secondary N) is 1. The van der Waals surface area contributed by atoms with Gasteiger partial charge in [0.15, 0.2) is 0 Å². The van der Waals surface area contributed by atoms with Crippen LogP contribution in [-0.2, 0) is 0 Å². The largest absolute Gasteiger partial charge is 0.388 e. The Hall–Kier alpha value is -1.35. The third kappa shape index (κ3) is 3.16. The van der Waals surface area contributed by atoms with Gasteiger partial charge in [0.25, 0.3) is 0 Å². The van der Waals surface area contributed by atoms with Gasteiger partial charge in [-0.25, -0.2) is 0 Å². The molecule has 1 heterocycles. The summed E-state index contributed by atoms with van der Waals surface area (Å²) in [6, 6.07) is 12.0. The maximum absolute atomic E-state index is 7.68. The van der Waals surface area contributed by atoms with Crippen LogP contribution in [0.5, 0.6) is 0 Å². The number of hydrogen-bond acceptors (Lipinski definition) is 2. The van der Waals surface area contributed by atoms with Crippen molar-refractivity contribution in [3.05, 3.63) is 35.9 Å². The van der Waals surface area contributed by atoms with E-state index in [4.69, 9.17) is 11.1 Å². The molecule has 0 aromatic heterocycles. The monoisotopic (exact) mass is 259 g/mol. The van der Waals surface area contributed by atoms with E-state index in [2.05, 4.69) is 43.0 Å². The van der Waals surface area contributed by atoms with Gasteiger partial charge in [-0.3, -0.25) is 10.3 Å². The second-order valence-corrected chi connectivity index (χ2v) is 5.59. The average Bonchev–Trinajstić information content (AvgIpc) is 2.78. The molecule has 19 heavy (non-hydrogen) atoms. The molecular formula is C16H25N3. The van der Waals surface area contributed by atoms with E-state index in [0.717, 1.165) is 0 Å². The van der Waals surface area contributed by atoms with Gasteiger partial charge in [0.2, 0.25) is 0 Å². The molecule has 3 N–H and O–H groups in total. The molecule has 3 unspecified atom stereocenters. The van der Waals surface area contributed by atoms with Crippen LogP contribution >= 0.6 is 0 Å². The Labute approximate surface area is 116 Å². The van der Waals surface area contributed by atoms with Gasteiger partial charge in [0.05, 0.1) is 5.84 Å². The molecule has 1 aliphatic heterocycles. The summed E-state index contributed by atoms with van der Waals surface area (Å²) in [5.41, 5.74) is 6.97. The standard InChI is InChI=1S/C16H25N3/c1-3-14-10-9-12(2)19(14)15(11-16(17)18)13-7-5-4-6-8-13/h4-8,12,14-15H,3,9-11H2,1-2H3,(H3,17,18). The topological polar surface area (TPSA) is 53.1 Å². The van der Waals surface area contributed by atoms with Crippen LogP contribution < -0.4 is 5.73 Å². The third-order valence-corrected chi connectivity index (χ3v) is 4.28. The Kier molecular flexibility index (Phi) is 4.59. The summed E-state index contributed by atoms with van der Waals surface area (Å²) in [5, 5.41) is 7.68. The quantitative estimate of drug-likeness (QED) is 0.629. The van der Waals surface area contributed by atoms with Crippen LogP contribution in [0.4, 0.5) is 0 Å². The van der Waals surface area contributed by atoms with E-state index in [-0.39, 0.29) is 11.9 Å². The molecule has 1 aromatic rings. The van der Waals surface area contributed by atoms with Crippen molar-refractivity contribution in [3.8, 4) is 0 Å². The highest BCUT2D eigenvalue weighted by Gasteiger charge is 2.35. The van der Waals surface area contributed by atoms with E-state index in [1.807, 2.05) is 6.07 Å². The summed E-state index contributed by atoms with van der Waals surface area (Å²) in [5.74, 6) is 0.280. The van der Waals surface area contributed by atoms with E-state index in [0.29, 0.717) is 18.5 Å². The lowest BCUT2D eigenvalue weighted by Gasteiger charge is -2.36. The minimum absolute atomic E-state index is 0.251. The lowest BCUT2D eigenvalue weighted by Crippen LogP contribution is -2.39. The maximum Gasteiger partial charge on any atom is 0.0924 e. The number of nitrogens with zero attached hydrogens (tertiary/aromatic N) is 1. The predicted octanol–water partition coefficient (Wildman–Crippen LogP) is 3.32. The molecule has 3 heteroatoms. The highest BCUT2D eigenvalue weighted by molar-refractivity contribution is 5.77. The van der Waals surface area contributed by atoms with Crippen molar-refractivity contribution >= 4 is 5.84 Å². The molecule has 0 amide bonds. The molecule has 1 aromatic carbocycles. The minimum atomic E-state index is 0.251. The van der Waals surface area contributed by atoms with Crippen LogP contribution in [0.3, 0.4) is 0 Å². The Bertz CT molecular complexity index is 415.